The summed E-state index contributed by atoms with van der Waals surface area (Å²) in [6, 6.07) is 0. The van der Waals surface area contributed by atoms with Crippen LogP contribution in [-0.2, 0) is 33.2 Å². The summed E-state index contributed by atoms with van der Waals surface area (Å²) in [6.07, 6.45) is 33.8. The van der Waals surface area contributed by atoms with Crippen molar-refractivity contribution in [1.29, 1.82) is 0 Å². The molecule has 10 unspecified atom stereocenters. The minimum Gasteiger partial charge on any atom is -0.378 e. The van der Waals surface area contributed by atoms with Gasteiger partial charge in [0.25, 0.3) is 0 Å². The molecule has 0 radical (unpaired) electrons. The molecule has 7 saturated heterocycles. The number of allylic oxidation sites excluding steroid dienone is 4. The van der Waals surface area contributed by atoms with Gasteiger partial charge in [0.1, 0.15) is 0 Å². The Morgan fingerprint density at radius 3 is 0.755 bits per heavy atom. The minimum atomic E-state index is 0. The zero-order chi connectivity index (χ0) is 65.8. The predicted octanol–water partition coefficient (Wildman–Crippen LogP) is 30.2. The molecular formula is C87H192O7S4. The van der Waals surface area contributed by atoms with Crippen LogP contribution in [0.2, 0.25) is 0 Å². The van der Waals surface area contributed by atoms with Crippen molar-refractivity contribution in [2.24, 2.45) is 76.9 Å². The summed E-state index contributed by atoms with van der Waals surface area (Å²) < 4.78 is 37.7. The fraction of sp³-hybridized carbons (Fsp3) is 0.954. The van der Waals surface area contributed by atoms with Crippen LogP contribution in [0.4, 0.5) is 0 Å². The van der Waals surface area contributed by atoms with Crippen LogP contribution in [0.3, 0.4) is 0 Å². The Balaban J connectivity index is -0.0000000946. The molecule has 0 aromatic rings. The van der Waals surface area contributed by atoms with Crippen LogP contribution < -0.4 is 0 Å². The predicted molar refractivity (Wildman–Crippen MR) is 466 cm³/mol. The maximum Gasteiger partial charge on any atom is 0.154 e. The number of ether oxygens (including phenoxy) is 7. The molecule has 7 heterocycles. The smallest absolute Gasteiger partial charge is 0.154 e. The molecule has 7 aliphatic heterocycles. The Labute approximate surface area is 642 Å². The molecule has 7 nitrogen and oxygen atoms in total. The van der Waals surface area contributed by atoms with Crippen LogP contribution in [-0.4, -0.2) is 109 Å². The number of rotatable bonds is 0. The highest BCUT2D eigenvalue weighted by Crippen LogP contribution is 2.33. The van der Waals surface area contributed by atoms with Gasteiger partial charge in [-0.3, -0.25) is 0 Å². The molecule has 606 valence electrons. The summed E-state index contributed by atoms with van der Waals surface area (Å²) in [5, 5.41) is 0.936. The van der Waals surface area contributed by atoms with Crippen LogP contribution >= 0.6 is 47.0 Å². The monoisotopic (exact) mass is 1480 g/mol. The van der Waals surface area contributed by atoms with Crippen molar-refractivity contribution >= 4 is 47.0 Å². The quantitative estimate of drug-likeness (QED) is 0.218. The standard InChI is InChI=1S/2C8H16.2C8H14.2C7H14O.C7H14S.2C6H12O2.C6H12OS.C6H12S2.10CH4.H2/c4*1-7-3-5-8(2)6-4-7;3*1-6-3-4-7(2)8-5-6;4*1-5-3-7-6(2)8-4-5;;;;;;;;;;;/h2*7-8H,3-6H2,1-2H3;2*3,8H,4-6H2,1-2H3;3*6-7H,3-5H2,1-2H3;4*5-6H,3-4H2,1-2H3;10*1H4;1H. The van der Waals surface area contributed by atoms with Crippen LogP contribution in [0.15, 0.2) is 23.3 Å². The maximum absolute atomic E-state index is 5.39. The van der Waals surface area contributed by atoms with Crippen molar-refractivity contribution in [3.8, 4) is 0 Å². The molecule has 11 rings (SSSR count). The molecule has 0 aromatic carbocycles. The van der Waals surface area contributed by atoms with Gasteiger partial charge in [-0.15, -0.1) is 35.3 Å². The summed E-state index contributed by atoms with van der Waals surface area (Å²) >= 11 is 8.21. The summed E-state index contributed by atoms with van der Waals surface area (Å²) in [5.74, 6) is 16.8. The average Bonchev–Trinajstić information content (AvgIpc) is 3.76. The molecule has 0 amide bonds. The third-order valence-corrected chi connectivity index (χ3v) is 24.7. The second-order valence-electron chi connectivity index (χ2n) is 30.4. The topological polar surface area (TPSA) is 64.6 Å². The second-order valence-corrected chi connectivity index (χ2v) is 36.3. The fourth-order valence-corrected chi connectivity index (χ4v) is 15.3. The van der Waals surface area contributed by atoms with Crippen molar-refractivity contribution in [2.45, 2.75) is 395 Å². The van der Waals surface area contributed by atoms with E-state index in [0.29, 0.717) is 29.5 Å². The highest BCUT2D eigenvalue weighted by Gasteiger charge is 2.20. The van der Waals surface area contributed by atoms with Gasteiger partial charge < -0.3 is 33.2 Å². The first kappa shape index (κ1) is 120. The molecule has 2 saturated carbocycles. The van der Waals surface area contributed by atoms with Crippen LogP contribution in [0.25, 0.3) is 0 Å². The lowest BCUT2D eigenvalue weighted by atomic mass is 9.84. The Kier molecular flexibility index (Phi) is 90.9. The number of hydrogen-bond acceptors (Lipinski definition) is 11. The van der Waals surface area contributed by atoms with E-state index in [1.807, 2.05) is 25.6 Å². The lowest BCUT2D eigenvalue weighted by molar-refractivity contribution is -0.187. The number of thioether (sulfide) groups is 4. The van der Waals surface area contributed by atoms with E-state index in [1.54, 1.807) is 11.1 Å². The van der Waals surface area contributed by atoms with E-state index in [1.165, 1.54) is 151 Å². The third-order valence-electron chi connectivity index (χ3n) is 18.5. The van der Waals surface area contributed by atoms with Crippen molar-refractivity contribution in [2.75, 3.05) is 69.3 Å². The Bertz CT molecular complexity index is 1210. The normalized spacial score (nSPS) is 34.1. The van der Waals surface area contributed by atoms with Gasteiger partial charge in [-0.25, -0.2) is 0 Å². The van der Waals surface area contributed by atoms with E-state index in [2.05, 4.69) is 186 Å². The highest BCUT2D eigenvalue weighted by molar-refractivity contribution is 8.17. The highest BCUT2D eigenvalue weighted by atomic mass is 32.2. The first-order valence-corrected chi connectivity index (χ1v) is 41.0. The molecule has 4 aliphatic carbocycles. The van der Waals surface area contributed by atoms with Gasteiger partial charge in [0.05, 0.1) is 50.7 Å². The molecule has 0 bridgehead atoms. The zero-order valence-electron chi connectivity index (χ0n) is 62.1. The Morgan fingerprint density at radius 1 is 0.265 bits per heavy atom. The van der Waals surface area contributed by atoms with E-state index in [0.717, 1.165) is 121 Å². The molecule has 98 heavy (non-hydrogen) atoms. The van der Waals surface area contributed by atoms with Gasteiger partial charge in [-0.1, -0.05) is 246 Å². The summed E-state index contributed by atoms with van der Waals surface area (Å²) in [7, 11) is 0. The van der Waals surface area contributed by atoms with Gasteiger partial charge >= 0.3 is 0 Å². The van der Waals surface area contributed by atoms with Gasteiger partial charge in [0.2, 0.25) is 0 Å². The van der Waals surface area contributed by atoms with E-state index in [9.17, 15) is 0 Å². The molecular weight excluding hydrogens is 1290 g/mol. The van der Waals surface area contributed by atoms with Crippen LogP contribution in [0, 0.1) is 76.9 Å². The van der Waals surface area contributed by atoms with Crippen molar-refractivity contribution in [1.82, 2.24) is 0 Å². The molecule has 11 aliphatic rings. The Hall–Kier alpha value is 0.600. The van der Waals surface area contributed by atoms with Gasteiger partial charge in [-0.2, -0.15) is 11.8 Å². The second kappa shape index (κ2) is 74.5. The lowest BCUT2D eigenvalue weighted by Gasteiger charge is -2.24. The van der Waals surface area contributed by atoms with Crippen LogP contribution in [0.5, 0.6) is 0 Å². The average molecular weight is 1480 g/mol. The first-order chi connectivity index (χ1) is 41.7. The maximum atomic E-state index is 5.39. The molecule has 0 N–H and O–H groups in total. The van der Waals surface area contributed by atoms with E-state index in [4.69, 9.17) is 33.2 Å². The Morgan fingerprint density at radius 2 is 0.551 bits per heavy atom. The molecule has 0 spiro atoms. The van der Waals surface area contributed by atoms with Crippen molar-refractivity contribution in [3.63, 3.8) is 0 Å². The van der Waals surface area contributed by atoms with E-state index < -0.39 is 0 Å². The molecule has 9 fully saturated rings. The minimum absolute atomic E-state index is 0. The van der Waals surface area contributed by atoms with E-state index in [-0.39, 0.29) is 88.3 Å². The van der Waals surface area contributed by atoms with Crippen molar-refractivity contribution in [3.05, 3.63) is 23.3 Å². The lowest BCUT2D eigenvalue weighted by Crippen LogP contribution is -2.27. The van der Waals surface area contributed by atoms with Gasteiger partial charge in [0, 0.05) is 42.1 Å². The number of hydrogen-bond donors (Lipinski definition) is 0. The van der Waals surface area contributed by atoms with Crippen molar-refractivity contribution < 1.29 is 34.6 Å². The SMILES string of the molecule is C.C.C.C.C.C.C.C.C.C.CC1=CCC(C)CC1.CC1=CCC(C)CC1.CC1CCC(C)CC1.CC1CCC(C)CC1.CC1CCC(C)OC1.CC1CCC(C)OC1.CC1CCC(C)SC1.CC1COC(C)OC1.CC1COC(C)OC1.CC1COC(C)SC1.CC1CSC(C)SC1.[HH]. The van der Waals surface area contributed by atoms with Gasteiger partial charge in [0.15, 0.2) is 12.6 Å². The summed E-state index contributed by atoms with van der Waals surface area (Å²) in [5.41, 5.74) is 3.61. The fourth-order valence-electron chi connectivity index (χ4n) is 10.9. The van der Waals surface area contributed by atoms with Gasteiger partial charge in [-0.05, 0) is 215 Å². The van der Waals surface area contributed by atoms with Crippen LogP contribution in [0.1, 0.15) is 356 Å². The molecule has 0 aromatic heterocycles. The first-order valence-electron chi connectivity index (χ1n) is 36.8. The molecule has 10 atom stereocenters. The summed E-state index contributed by atoms with van der Waals surface area (Å²) in [6.45, 7) is 55.3. The third kappa shape index (κ3) is 72.2. The largest absolute Gasteiger partial charge is 0.378 e. The zero-order valence-corrected chi connectivity index (χ0v) is 65.4. The van der Waals surface area contributed by atoms with E-state index >= 15 is 0 Å². The molecule has 11 heteroatoms. The summed E-state index contributed by atoms with van der Waals surface area (Å²) in [4.78, 5) is 0.